The average Bonchev–Trinajstić information content (AvgIpc) is 2.81. The molecule has 1 aliphatic heterocycles. The maximum absolute atomic E-state index is 12.8. The molecule has 5 nitrogen and oxygen atoms in total. The molecule has 0 aliphatic carbocycles. The average molecular weight is 456 g/mol. The van der Waals surface area contributed by atoms with Gasteiger partial charge in [-0.3, -0.25) is 4.90 Å². The summed E-state index contributed by atoms with van der Waals surface area (Å²) in [5.41, 5.74) is 2.22. The number of hydrogen-bond donors (Lipinski definition) is 1. The third-order valence-corrected chi connectivity index (χ3v) is 7.31. The van der Waals surface area contributed by atoms with Gasteiger partial charge < -0.3 is 4.90 Å². The molecule has 31 heavy (non-hydrogen) atoms. The topological polar surface area (TPSA) is 52.7 Å². The molecular weight excluding hydrogens is 430 g/mol. The molecule has 1 aliphatic rings. The second-order valence-corrected chi connectivity index (χ2v) is 9.80. The Balaban J connectivity index is 1.48. The van der Waals surface area contributed by atoms with E-state index in [0.29, 0.717) is 6.54 Å². The summed E-state index contributed by atoms with van der Waals surface area (Å²) in [5, 5.41) is 0.734. The Morgan fingerprint density at radius 3 is 2.13 bits per heavy atom. The van der Waals surface area contributed by atoms with Crippen molar-refractivity contribution in [3.63, 3.8) is 0 Å². The van der Waals surface area contributed by atoms with E-state index in [0.717, 1.165) is 42.5 Å². The van der Waals surface area contributed by atoms with E-state index >= 15 is 0 Å². The maximum Gasteiger partial charge on any atom is 0.240 e. The molecule has 1 fully saturated rings. The summed E-state index contributed by atoms with van der Waals surface area (Å²) in [6, 6.07) is 26.5. The fourth-order valence-electron chi connectivity index (χ4n) is 3.97. The van der Waals surface area contributed by atoms with Crippen molar-refractivity contribution in [1.29, 1.82) is 0 Å². The highest BCUT2D eigenvalue weighted by atomic mass is 35.5. The number of hydrogen-bond acceptors (Lipinski definition) is 4. The molecule has 0 radical (unpaired) electrons. The van der Waals surface area contributed by atoms with Gasteiger partial charge in [-0.15, -0.1) is 0 Å². The molecule has 3 aromatic rings. The quantitative estimate of drug-likeness (QED) is 0.580. The van der Waals surface area contributed by atoms with E-state index in [1.807, 2.05) is 42.5 Å². The normalized spacial score (nSPS) is 16.2. The lowest BCUT2D eigenvalue weighted by Gasteiger charge is -2.40. The molecule has 4 rings (SSSR count). The first-order chi connectivity index (χ1) is 15.0. The Hall–Kier alpha value is -2.38. The summed E-state index contributed by atoms with van der Waals surface area (Å²) in [4.78, 5) is 4.95. The van der Waals surface area contributed by atoms with Crippen molar-refractivity contribution in [2.75, 3.05) is 37.6 Å². The molecule has 1 heterocycles. The van der Waals surface area contributed by atoms with Gasteiger partial charge in [0.1, 0.15) is 0 Å². The lowest BCUT2D eigenvalue weighted by atomic mass is 10.0. The highest BCUT2D eigenvalue weighted by Gasteiger charge is 2.27. The summed E-state index contributed by atoms with van der Waals surface area (Å²) >= 11 is 6.16. The summed E-state index contributed by atoms with van der Waals surface area (Å²) in [7, 11) is -3.56. The molecule has 0 unspecified atom stereocenters. The van der Waals surface area contributed by atoms with Crippen molar-refractivity contribution in [2.45, 2.75) is 10.9 Å². The van der Waals surface area contributed by atoms with Gasteiger partial charge in [0.05, 0.1) is 4.90 Å². The van der Waals surface area contributed by atoms with E-state index in [4.69, 9.17) is 11.6 Å². The highest BCUT2D eigenvalue weighted by molar-refractivity contribution is 7.89. The second-order valence-electron chi connectivity index (χ2n) is 7.59. The predicted molar refractivity (Wildman–Crippen MR) is 126 cm³/mol. The van der Waals surface area contributed by atoms with E-state index in [2.05, 4.69) is 32.7 Å². The number of nitrogens with zero attached hydrogens (tertiary/aromatic N) is 2. The molecule has 0 bridgehead atoms. The van der Waals surface area contributed by atoms with Crippen LogP contribution in [0.2, 0.25) is 5.02 Å². The molecule has 1 atom stereocenters. The van der Waals surface area contributed by atoms with Gasteiger partial charge in [-0.25, -0.2) is 13.1 Å². The van der Waals surface area contributed by atoms with Gasteiger partial charge in [0.2, 0.25) is 10.0 Å². The van der Waals surface area contributed by atoms with Crippen molar-refractivity contribution in [3.8, 4) is 0 Å². The molecule has 0 saturated carbocycles. The van der Waals surface area contributed by atoms with Crippen LogP contribution >= 0.6 is 11.6 Å². The van der Waals surface area contributed by atoms with Crippen LogP contribution in [0.1, 0.15) is 11.6 Å². The second kappa shape index (κ2) is 9.83. The van der Waals surface area contributed by atoms with E-state index in [9.17, 15) is 8.42 Å². The monoisotopic (exact) mass is 455 g/mol. The van der Waals surface area contributed by atoms with Crippen LogP contribution in [0.15, 0.2) is 89.8 Å². The third kappa shape index (κ3) is 5.46. The van der Waals surface area contributed by atoms with Gasteiger partial charge in [0.25, 0.3) is 0 Å². The van der Waals surface area contributed by atoms with Crippen LogP contribution in [-0.2, 0) is 10.0 Å². The summed E-state index contributed by atoms with van der Waals surface area (Å²) in [5.74, 6) is 0. The molecular formula is C24H26ClN3O2S. The van der Waals surface area contributed by atoms with Crippen molar-refractivity contribution < 1.29 is 8.42 Å². The molecule has 0 spiro atoms. The molecule has 7 heteroatoms. The minimum atomic E-state index is -3.56. The zero-order valence-electron chi connectivity index (χ0n) is 17.2. The molecule has 162 valence electrons. The van der Waals surface area contributed by atoms with Crippen molar-refractivity contribution in [2.24, 2.45) is 0 Å². The van der Waals surface area contributed by atoms with Gasteiger partial charge >= 0.3 is 0 Å². The van der Waals surface area contributed by atoms with Gasteiger partial charge in [-0.05, 0) is 35.9 Å². The fourth-order valence-corrected chi connectivity index (χ4v) is 5.21. The number of piperazine rings is 1. The third-order valence-electron chi connectivity index (χ3n) is 5.63. The molecule has 0 aromatic heterocycles. The van der Waals surface area contributed by atoms with E-state index in [1.165, 1.54) is 0 Å². The van der Waals surface area contributed by atoms with E-state index < -0.39 is 10.0 Å². The Kier molecular flexibility index (Phi) is 6.92. The van der Waals surface area contributed by atoms with Crippen LogP contribution < -0.4 is 9.62 Å². The molecule has 3 aromatic carbocycles. The summed E-state index contributed by atoms with van der Waals surface area (Å²) < 4.78 is 28.4. The molecule has 1 saturated heterocycles. The van der Waals surface area contributed by atoms with Crippen LogP contribution in [0, 0.1) is 0 Å². The van der Waals surface area contributed by atoms with Gasteiger partial charge in [-0.1, -0.05) is 66.2 Å². The van der Waals surface area contributed by atoms with Crippen LogP contribution in [0.3, 0.4) is 0 Å². The number of benzene rings is 3. The zero-order valence-corrected chi connectivity index (χ0v) is 18.8. The minimum Gasteiger partial charge on any atom is -0.369 e. The minimum absolute atomic E-state index is 0.0406. The first kappa shape index (κ1) is 21.8. The maximum atomic E-state index is 12.8. The van der Waals surface area contributed by atoms with E-state index in [1.54, 1.807) is 24.3 Å². The number of rotatable bonds is 7. The lowest BCUT2D eigenvalue weighted by molar-refractivity contribution is 0.187. The van der Waals surface area contributed by atoms with Crippen LogP contribution in [0.4, 0.5) is 5.69 Å². The first-order valence-electron chi connectivity index (χ1n) is 10.4. The smallest absolute Gasteiger partial charge is 0.240 e. The Morgan fingerprint density at radius 1 is 0.839 bits per heavy atom. The number of sulfonamides is 1. The van der Waals surface area contributed by atoms with Crippen molar-refractivity contribution in [1.82, 2.24) is 9.62 Å². The first-order valence-corrected chi connectivity index (χ1v) is 12.2. The number of halogens is 1. The predicted octanol–water partition coefficient (Wildman–Crippen LogP) is 4.18. The van der Waals surface area contributed by atoms with Crippen LogP contribution in [0.5, 0.6) is 0 Å². The molecule has 0 amide bonds. The largest absolute Gasteiger partial charge is 0.369 e. The standard InChI is InChI=1S/C24H26ClN3O2S/c25-21-10-7-11-22(18-21)27-14-16-28(17-15-27)24(20-8-3-1-4-9-20)19-26-31(29,30)23-12-5-2-6-13-23/h1-13,18,24,26H,14-17,19H2/t24-/m1/s1. The van der Waals surface area contributed by atoms with Crippen molar-refractivity contribution >= 4 is 27.3 Å². The van der Waals surface area contributed by atoms with Gasteiger partial charge in [0, 0.05) is 49.5 Å². The lowest BCUT2D eigenvalue weighted by Crippen LogP contribution is -2.49. The fraction of sp³-hybridized carbons (Fsp3) is 0.250. The summed E-state index contributed by atoms with van der Waals surface area (Å²) in [6.45, 7) is 3.70. The highest BCUT2D eigenvalue weighted by Crippen LogP contribution is 2.26. The van der Waals surface area contributed by atoms with Gasteiger partial charge in [-0.2, -0.15) is 0 Å². The summed E-state index contributed by atoms with van der Waals surface area (Å²) in [6.07, 6.45) is 0. The Bertz CT molecular complexity index is 1090. The van der Waals surface area contributed by atoms with Crippen LogP contribution in [-0.4, -0.2) is 46.0 Å². The SMILES string of the molecule is O=S(=O)(NC[C@H](c1ccccc1)N1CCN(c2cccc(Cl)c2)CC1)c1ccccc1. The number of nitrogens with one attached hydrogen (secondary N) is 1. The number of anilines is 1. The van der Waals surface area contributed by atoms with Crippen molar-refractivity contribution in [3.05, 3.63) is 95.5 Å². The Labute approximate surface area is 189 Å². The van der Waals surface area contributed by atoms with E-state index in [-0.39, 0.29) is 10.9 Å². The zero-order chi connectivity index (χ0) is 21.7. The Morgan fingerprint density at radius 2 is 1.48 bits per heavy atom. The molecule has 1 N–H and O–H groups in total. The van der Waals surface area contributed by atoms with Crippen LogP contribution in [0.25, 0.3) is 0 Å². The van der Waals surface area contributed by atoms with Gasteiger partial charge in [0.15, 0.2) is 0 Å².